The van der Waals surface area contributed by atoms with Crippen LogP contribution < -0.4 is 5.32 Å². The molecule has 116 valence electrons. The lowest BCUT2D eigenvalue weighted by molar-refractivity contribution is 0.0796. The summed E-state index contributed by atoms with van der Waals surface area (Å²) >= 11 is 3.20. The minimum absolute atomic E-state index is 0.000248. The van der Waals surface area contributed by atoms with E-state index >= 15 is 0 Å². The van der Waals surface area contributed by atoms with E-state index < -0.39 is 5.82 Å². The number of carbonyl (C=O) groups is 1. The molecular weight excluding hydrogens is 335 g/mol. The van der Waals surface area contributed by atoms with Gasteiger partial charge in [-0.05, 0) is 45.1 Å². The molecule has 1 N–H and O–H groups in total. The zero-order valence-corrected chi connectivity index (χ0v) is 14.2. The Morgan fingerprint density at radius 2 is 2.00 bits per heavy atom. The molecule has 1 aliphatic carbocycles. The van der Waals surface area contributed by atoms with E-state index in [1.807, 2.05) is 0 Å². The highest BCUT2D eigenvalue weighted by Crippen LogP contribution is 2.31. The first kappa shape index (κ1) is 16.4. The van der Waals surface area contributed by atoms with Gasteiger partial charge in [0.2, 0.25) is 0 Å². The van der Waals surface area contributed by atoms with E-state index in [9.17, 15) is 9.18 Å². The van der Waals surface area contributed by atoms with Crippen LogP contribution in [0.3, 0.4) is 0 Å². The molecule has 0 aromatic heterocycles. The molecule has 0 atom stereocenters. The average molecular weight is 357 g/mol. The summed E-state index contributed by atoms with van der Waals surface area (Å²) in [6.07, 6.45) is 5.76. The first-order valence-electron chi connectivity index (χ1n) is 7.35. The van der Waals surface area contributed by atoms with E-state index in [4.69, 9.17) is 0 Å². The maximum absolute atomic E-state index is 13.8. The van der Waals surface area contributed by atoms with E-state index in [1.54, 1.807) is 6.07 Å². The summed E-state index contributed by atoms with van der Waals surface area (Å²) < 4.78 is 14.5. The molecule has 3 nitrogen and oxygen atoms in total. The van der Waals surface area contributed by atoms with Crippen LogP contribution in [0.1, 0.15) is 42.5 Å². The third-order valence-corrected chi connectivity index (χ3v) is 4.98. The van der Waals surface area contributed by atoms with Gasteiger partial charge in [-0.3, -0.25) is 4.79 Å². The van der Waals surface area contributed by atoms with Crippen molar-refractivity contribution in [3.8, 4) is 0 Å². The van der Waals surface area contributed by atoms with Crippen molar-refractivity contribution in [3.63, 3.8) is 0 Å². The van der Waals surface area contributed by atoms with Gasteiger partial charge in [0.25, 0.3) is 5.91 Å². The van der Waals surface area contributed by atoms with Gasteiger partial charge in [0.15, 0.2) is 0 Å². The lowest BCUT2D eigenvalue weighted by Gasteiger charge is -2.43. The van der Waals surface area contributed by atoms with Gasteiger partial charge >= 0.3 is 0 Å². The fourth-order valence-electron chi connectivity index (χ4n) is 3.01. The predicted molar refractivity (Wildman–Crippen MR) is 85.9 cm³/mol. The van der Waals surface area contributed by atoms with Crippen LogP contribution in [0.25, 0.3) is 0 Å². The number of hydrogen-bond acceptors (Lipinski definition) is 2. The fourth-order valence-corrected chi connectivity index (χ4v) is 3.34. The second kappa shape index (κ2) is 6.88. The first-order chi connectivity index (χ1) is 9.94. The topological polar surface area (TPSA) is 32.3 Å². The minimum Gasteiger partial charge on any atom is -0.350 e. The van der Waals surface area contributed by atoms with E-state index in [1.165, 1.54) is 31.4 Å². The highest BCUT2D eigenvalue weighted by molar-refractivity contribution is 9.10. The molecule has 2 rings (SSSR count). The molecule has 5 heteroatoms. The quantitative estimate of drug-likeness (QED) is 0.893. The van der Waals surface area contributed by atoms with Crippen LogP contribution in [0.2, 0.25) is 0 Å². The number of nitrogens with zero attached hydrogens (tertiary/aromatic N) is 1. The van der Waals surface area contributed by atoms with Gasteiger partial charge < -0.3 is 10.2 Å². The largest absolute Gasteiger partial charge is 0.350 e. The van der Waals surface area contributed by atoms with Gasteiger partial charge in [0, 0.05) is 16.6 Å². The molecule has 0 unspecified atom stereocenters. The summed E-state index contributed by atoms with van der Waals surface area (Å²) in [5.41, 5.74) is 0.0997. The van der Waals surface area contributed by atoms with E-state index in [2.05, 4.69) is 40.2 Å². The number of amides is 1. The molecule has 1 amide bonds. The molecule has 0 heterocycles. The van der Waals surface area contributed by atoms with Crippen molar-refractivity contribution < 1.29 is 9.18 Å². The van der Waals surface area contributed by atoms with Crippen LogP contribution in [-0.4, -0.2) is 37.0 Å². The maximum Gasteiger partial charge on any atom is 0.254 e. The molecule has 0 aliphatic heterocycles. The van der Waals surface area contributed by atoms with Crippen LogP contribution in [0.5, 0.6) is 0 Å². The predicted octanol–water partition coefficient (Wildman–Crippen LogP) is 3.58. The Kier molecular flexibility index (Phi) is 5.38. The summed E-state index contributed by atoms with van der Waals surface area (Å²) in [5.74, 6) is -0.837. The Hall–Kier alpha value is -0.940. The molecular formula is C16H22BrFN2O. The molecule has 0 saturated heterocycles. The average Bonchev–Trinajstić information content (AvgIpc) is 2.45. The Bertz CT molecular complexity index is 513. The highest BCUT2D eigenvalue weighted by Gasteiger charge is 2.34. The minimum atomic E-state index is -0.496. The second-order valence-corrected chi connectivity index (χ2v) is 6.90. The number of hydrogen-bond donors (Lipinski definition) is 1. The van der Waals surface area contributed by atoms with Crippen molar-refractivity contribution in [2.45, 2.75) is 37.6 Å². The van der Waals surface area contributed by atoms with Gasteiger partial charge in [-0.1, -0.05) is 35.2 Å². The van der Waals surface area contributed by atoms with Crippen molar-refractivity contribution in [2.75, 3.05) is 20.6 Å². The van der Waals surface area contributed by atoms with Crippen molar-refractivity contribution in [2.24, 2.45) is 0 Å². The van der Waals surface area contributed by atoms with Crippen LogP contribution in [0.4, 0.5) is 4.39 Å². The maximum atomic E-state index is 13.8. The second-order valence-electron chi connectivity index (χ2n) is 5.99. The van der Waals surface area contributed by atoms with Gasteiger partial charge in [-0.25, -0.2) is 4.39 Å². The number of halogens is 2. The van der Waals surface area contributed by atoms with Crippen LogP contribution in [0, 0.1) is 5.82 Å². The molecule has 1 aromatic rings. The highest BCUT2D eigenvalue weighted by atomic mass is 79.9. The summed E-state index contributed by atoms with van der Waals surface area (Å²) in [5, 5.41) is 2.92. The summed E-state index contributed by atoms with van der Waals surface area (Å²) in [6.45, 7) is 0.564. The monoisotopic (exact) mass is 356 g/mol. The van der Waals surface area contributed by atoms with Crippen LogP contribution in [0.15, 0.2) is 22.7 Å². The smallest absolute Gasteiger partial charge is 0.254 e. The lowest BCUT2D eigenvalue weighted by atomic mass is 9.80. The normalized spacial score (nSPS) is 17.8. The Morgan fingerprint density at radius 3 is 2.57 bits per heavy atom. The molecule has 1 fully saturated rings. The zero-order valence-electron chi connectivity index (χ0n) is 12.6. The Morgan fingerprint density at radius 1 is 1.33 bits per heavy atom. The SMILES string of the molecule is CN(C)C1(CNC(=O)c2ccc(Br)cc2F)CCCCC1. The Balaban J connectivity index is 2.05. The Labute approximate surface area is 134 Å². The third kappa shape index (κ3) is 3.83. The van der Waals surface area contributed by atoms with Crippen LogP contribution >= 0.6 is 15.9 Å². The van der Waals surface area contributed by atoms with E-state index in [0.29, 0.717) is 11.0 Å². The van der Waals surface area contributed by atoms with Gasteiger partial charge in [-0.2, -0.15) is 0 Å². The first-order valence-corrected chi connectivity index (χ1v) is 8.15. The molecule has 0 spiro atoms. The number of carbonyl (C=O) groups excluding carboxylic acids is 1. The molecule has 1 aliphatic rings. The molecule has 21 heavy (non-hydrogen) atoms. The lowest BCUT2D eigenvalue weighted by Crippen LogP contribution is -2.53. The van der Waals surface area contributed by atoms with Crippen molar-refractivity contribution in [1.82, 2.24) is 10.2 Å². The van der Waals surface area contributed by atoms with Gasteiger partial charge in [0.05, 0.1) is 5.56 Å². The summed E-state index contributed by atoms with van der Waals surface area (Å²) in [6, 6.07) is 4.51. The molecule has 0 bridgehead atoms. The van der Waals surface area contributed by atoms with Crippen molar-refractivity contribution in [3.05, 3.63) is 34.1 Å². The van der Waals surface area contributed by atoms with Crippen molar-refractivity contribution in [1.29, 1.82) is 0 Å². The number of benzene rings is 1. The van der Waals surface area contributed by atoms with Gasteiger partial charge in [-0.15, -0.1) is 0 Å². The molecule has 1 saturated carbocycles. The summed E-state index contributed by atoms with van der Waals surface area (Å²) in [7, 11) is 4.11. The van der Waals surface area contributed by atoms with Gasteiger partial charge in [0.1, 0.15) is 5.82 Å². The number of nitrogens with one attached hydrogen (secondary N) is 1. The standard InChI is InChI=1S/C16H22BrFN2O/c1-20(2)16(8-4-3-5-9-16)11-19-15(21)13-7-6-12(17)10-14(13)18/h6-7,10H,3-5,8-9,11H2,1-2H3,(H,19,21). The zero-order chi connectivity index (χ0) is 15.5. The third-order valence-electron chi connectivity index (χ3n) is 4.49. The fraction of sp³-hybridized carbons (Fsp3) is 0.562. The summed E-state index contributed by atoms with van der Waals surface area (Å²) in [4.78, 5) is 14.4. The van der Waals surface area contributed by atoms with Crippen LogP contribution in [-0.2, 0) is 0 Å². The molecule has 1 aromatic carbocycles. The number of rotatable bonds is 4. The molecule has 0 radical (unpaired) electrons. The van der Waals surface area contributed by atoms with E-state index in [-0.39, 0.29) is 17.0 Å². The van der Waals surface area contributed by atoms with Crippen molar-refractivity contribution >= 4 is 21.8 Å². The number of likely N-dealkylation sites (N-methyl/N-ethyl adjacent to an activating group) is 1. The van der Waals surface area contributed by atoms with E-state index in [0.717, 1.165) is 12.8 Å².